The van der Waals surface area contributed by atoms with E-state index in [-0.39, 0.29) is 17.9 Å². The Bertz CT molecular complexity index is 531. The van der Waals surface area contributed by atoms with E-state index in [1.54, 1.807) is 43.0 Å². The number of likely N-dealkylation sites (tertiary alicyclic amines) is 1. The van der Waals surface area contributed by atoms with Gasteiger partial charge in [0.2, 0.25) is 0 Å². The Morgan fingerprint density at radius 2 is 1.90 bits per heavy atom. The molecule has 0 radical (unpaired) electrons. The van der Waals surface area contributed by atoms with Crippen LogP contribution in [0.5, 0.6) is 0 Å². The second-order valence-corrected chi connectivity index (χ2v) is 6.07. The molecule has 1 heterocycles. The van der Waals surface area contributed by atoms with E-state index in [0.717, 1.165) is 12.8 Å². The molecule has 1 aliphatic heterocycles. The van der Waals surface area contributed by atoms with Gasteiger partial charge in [0.15, 0.2) is 5.78 Å². The molecular weight excluding hydrogens is 268 g/mol. The molecule has 1 aromatic carbocycles. The number of nitrogens with one attached hydrogen (secondary N) is 1. The molecule has 1 aromatic rings. The highest BCUT2D eigenvalue weighted by molar-refractivity contribution is 5.95. The van der Waals surface area contributed by atoms with Crippen LogP contribution in [-0.4, -0.2) is 40.0 Å². The molecule has 5 heteroatoms. The molecule has 0 bridgehead atoms. The van der Waals surface area contributed by atoms with E-state index in [1.165, 1.54) is 6.92 Å². The number of anilines is 1. The quantitative estimate of drug-likeness (QED) is 0.841. The highest BCUT2D eigenvalue weighted by Gasteiger charge is 2.38. The molecule has 2 amide bonds. The molecule has 1 atom stereocenters. The standard InChI is InChI=1S/C16H22N2O3/c1-11(19)12-6-8-13(9-7-12)17-15(20)18-10-4-5-14(18)16(2,3)21/h6-9,14,21H,4-5,10H2,1-3H3,(H,17,20). The van der Waals surface area contributed by atoms with Gasteiger partial charge in [-0.25, -0.2) is 4.79 Å². The molecule has 0 spiro atoms. The monoisotopic (exact) mass is 290 g/mol. The van der Waals surface area contributed by atoms with Crippen LogP contribution < -0.4 is 5.32 Å². The Morgan fingerprint density at radius 3 is 2.43 bits per heavy atom. The summed E-state index contributed by atoms with van der Waals surface area (Å²) in [5.41, 5.74) is 0.349. The van der Waals surface area contributed by atoms with E-state index in [9.17, 15) is 14.7 Å². The molecule has 2 N–H and O–H groups in total. The minimum atomic E-state index is -0.910. The Hall–Kier alpha value is -1.88. The largest absolute Gasteiger partial charge is 0.388 e. The van der Waals surface area contributed by atoms with Gasteiger partial charge in [-0.15, -0.1) is 0 Å². The highest BCUT2D eigenvalue weighted by Crippen LogP contribution is 2.27. The first kappa shape index (κ1) is 15.5. The summed E-state index contributed by atoms with van der Waals surface area (Å²) in [6.07, 6.45) is 1.70. The molecule has 1 unspecified atom stereocenters. The van der Waals surface area contributed by atoms with Crippen molar-refractivity contribution in [3.63, 3.8) is 0 Å². The van der Waals surface area contributed by atoms with Crippen LogP contribution in [0.25, 0.3) is 0 Å². The van der Waals surface area contributed by atoms with Crippen LogP contribution in [0.3, 0.4) is 0 Å². The van der Waals surface area contributed by atoms with Gasteiger partial charge in [0.25, 0.3) is 0 Å². The summed E-state index contributed by atoms with van der Waals surface area (Å²) in [5.74, 6) is -0.00508. The lowest BCUT2D eigenvalue weighted by Crippen LogP contribution is -2.49. The van der Waals surface area contributed by atoms with Crippen molar-refractivity contribution >= 4 is 17.5 Å². The summed E-state index contributed by atoms with van der Waals surface area (Å²) in [5, 5.41) is 13.0. The molecule has 114 valence electrons. The minimum absolute atomic E-state index is 0.00508. The summed E-state index contributed by atoms with van der Waals surface area (Å²) in [4.78, 5) is 25.2. The number of hydrogen-bond donors (Lipinski definition) is 2. The maximum atomic E-state index is 12.3. The lowest BCUT2D eigenvalue weighted by atomic mass is 9.97. The maximum Gasteiger partial charge on any atom is 0.322 e. The van der Waals surface area contributed by atoms with Crippen molar-refractivity contribution in [3.05, 3.63) is 29.8 Å². The first-order chi connectivity index (χ1) is 9.79. The SMILES string of the molecule is CC(=O)c1ccc(NC(=O)N2CCCC2C(C)(C)O)cc1. The van der Waals surface area contributed by atoms with Crippen molar-refractivity contribution in [2.24, 2.45) is 0 Å². The molecule has 1 aliphatic rings. The van der Waals surface area contributed by atoms with Crippen LogP contribution in [0, 0.1) is 0 Å². The van der Waals surface area contributed by atoms with E-state index < -0.39 is 5.60 Å². The van der Waals surface area contributed by atoms with Crippen LogP contribution in [0.15, 0.2) is 24.3 Å². The van der Waals surface area contributed by atoms with E-state index in [4.69, 9.17) is 0 Å². The predicted octanol–water partition coefficient (Wildman–Crippen LogP) is 2.66. The zero-order chi connectivity index (χ0) is 15.6. The number of aliphatic hydroxyl groups is 1. The number of carbonyl (C=O) groups excluding carboxylic acids is 2. The fraction of sp³-hybridized carbons (Fsp3) is 0.500. The first-order valence-corrected chi connectivity index (χ1v) is 7.20. The zero-order valence-corrected chi connectivity index (χ0v) is 12.7. The van der Waals surface area contributed by atoms with Crippen molar-refractivity contribution in [1.82, 2.24) is 4.90 Å². The number of hydrogen-bond acceptors (Lipinski definition) is 3. The van der Waals surface area contributed by atoms with Crippen LogP contribution in [0.2, 0.25) is 0 Å². The normalized spacial score (nSPS) is 18.7. The number of benzene rings is 1. The molecular formula is C16H22N2O3. The second kappa shape index (κ2) is 5.85. The van der Waals surface area contributed by atoms with Crippen LogP contribution in [0.1, 0.15) is 44.0 Å². The minimum Gasteiger partial charge on any atom is -0.388 e. The van der Waals surface area contributed by atoms with Gasteiger partial charge in [-0.3, -0.25) is 4.79 Å². The zero-order valence-electron chi connectivity index (χ0n) is 12.7. The van der Waals surface area contributed by atoms with Gasteiger partial charge in [0, 0.05) is 17.8 Å². The molecule has 5 nitrogen and oxygen atoms in total. The van der Waals surface area contributed by atoms with E-state index in [0.29, 0.717) is 17.8 Å². The van der Waals surface area contributed by atoms with Crippen LogP contribution in [-0.2, 0) is 0 Å². The number of urea groups is 1. The van der Waals surface area contributed by atoms with Crippen LogP contribution >= 0.6 is 0 Å². The lowest BCUT2D eigenvalue weighted by Gasteiger charge is -2.33. The molecule has 2 rings (SSSR count). The molecule has 1 fully saturated rings. The van der Waals surface area contributed by atoms with Gasteiger partial charge in [-0.2, -0.15) is 0 Å². The van der Waals surface area contributed by atoms with Gasteiger partial charge >= 0.3 is 6.03 Å². The third kappa shape index (κ3) is 3.61. The Kier molecular flexibility index (Phi) is 4.32. The fourth-order valence-electron chi connectivity index (χ4n) is 2.73. The van der Waals surface area contributed by atoms with Crippen molar-refractivity contribution < 1.29 is 14.7 Å². The summed E-state index contributed by atoms with van der Waals surface area (Å²) < 4.78 is 0. The summed E-state index contributed by atoms with van der Waals surface area (Å²) in [6, 6.07) is 6.42. The topological polar surface area (TPSA) is 69.6 Å². The Morgan fingerprint density at radius 1 is 1.29 bits per heavy atom. The van der Waals surface area contributed by atoms with E-state index in [1.807, 2.05) is 0 Å². The Labute approximate surface area is 125 Å². The molecule has 0 aromatic heterocycles. The number of ketones is 1. The van der Waals surface area contributed by atoms with Gasteiger partial charge < -0.3 is 15.3 Å². The summed E-state index contributed by atoms with van der Waals surface area (Å²) in [6.45, 7) is 5.60. The Balaban J connectivity index is 2.05. The van der Waals surface area contributed by atoms with Crippen molar-refractivity contribution in [1.29, 1.82) is 0 Å². The number of carbonyl (C=O) groups is 2. The van der Waals surface area contributed by atoms with Crippen LogP contribution in [0.4, 0.5) is 10.5 Å². The molecule has 1 saturated heterocycles. The lowest BCUT2D eigenvalue weighted by molar-refractivity contribution is 0.0117. The predicted molar refractivity (Wildman–Crippen MR) is 81.5 cm³/mol. The van der Waals surface area contributed by atoms with Gasteiger partial charge in [-0.1, -0.05) is 0 Å². The van der Waals surface area contributed by atoms with Crippen molar-refractivity contribution in [3.8, 4) is 0 Å². The van der Waals surface area contributed by atoms with Crippen molar-refractivity contribution in [2.45, 2.75) is 45.3 Å². The van der Waals surface area contributed by atoms with E-state index in [2.05, 4.69) is 5.32 Å². The molecule has 21 heavy (non-hydrogen) atoms. The fourth-order valence-corrected chi connectivity index (χ4v) is 2.73. The number of amides is 2. The number of nitrogens with zero attached hydrogens (tertiary/aromatic N) is 1. The third-order valence-corrected chi connectivity index (χ3v) is 3.87. The molecule has 0 aliphatic carbocycles. The number of Topliss-reactive ketones (excluding diaryl/α,β-unsaturated/α-hetero) is 1. The molecule has 0 saturated carbocycles. The smallest absolute Gasteiger partial charge is 0.322 e. The van der Waals surface area contributed by atoms with Gasteiger partial charge in [0.05, 0.1) is 11.6 Å². The van der Waals surface area contributed by atoms with Gasteiger partial charge in [-0.05, 0) is 57.9 Å². The maximum absolute atomic E-state index is 12.3. The summed E-state index contributed by atoms with van der Waals surface area (Å²) >= 11 is 0. The number of rotatable bonds is 3. The second-order valence-electron chi connectivity index (χ2n) is 6.07. The first-order valence-electron chi connectivity index (χ1n) is 7.20. The van der Waals surface area contributed by atoms with Gasteiger partial charge in [0.1, 0.15) is 0 Å². The van der Waals surface area contributed by atoms with E-state index >= 15 is 0 Å². The third-order valence-electron chi connectivity index (χ3n) is 3.87. The average molecular weight is 290 g/mol. The summed E-state index contributed by atoms with van der Waals surface area (Å²) in [7, 11) is 0. The average Bonchev–Trinajstić information content (AvgIpc) is 2.88. The highest BCUT2D eigenvalue weighted by atomic mass is 16.3. The van der Waals surface area contributed by atoms with Crippen molar-refractivity contribution in [2.75, 3.05) is 11.9 Å².